The molecule has 0 amide bonds. The van der Waals surface area contributed by atoms with Crippen LogP contribution in [-0.2, 0) is 0 Å². The molecule has 0 saturated carbocycles. The fraction of sp³-hybridized carbons (Fsp3) is 0.174. The van der Waals surface area contributed by atoms with Crippen molar-refractivity contribution in [2.75, 3.05) is 5.75 Å². The Hall–Kier alpha value is -2.12. The van der Waals surface area contributed by atoms with Crippen LogP contribution in [0.15, 0.2) is 89.9 Å². The van der Waals surface area contributed by atoms with E-state index in [-0.39, 0.29) is 0 Å². The Labute approximate surface area is 147 Å². The lowest BCUT2D eigenvalue weighted by molar-refractivity contribution is 1.47. The van der Waals surface area contributed by atoms with Crippen molar-refractivity contribution >= 4 is 26.1 Å². The standard InChI is InChI=1S/C12H14S.C11H10/c1-11-7-9-13-8-5-3-2-4-6-12(13)10-11;1-9-6-7-10-4-2-3-5-11(10)8-9/h2-5,7,9-10H,6,8H2,1H3;2-8H,1H3/b4-2-,5-3-;. The zero-order chi connectivity index (χ0) is 16.8. The van der Waals surface area contributed by atoms with E-state index < -0.39 is 0 Å². The highest BCUT2D eigenvalue weighted by atomic mass is 32.2. The van der Waals surface area contributed by atoms with E-state index in [9.17, 15) is 0 Å². The van der Waals surface area contributed by atoms with Crippen LogP contribution in [0.25, 0.3) is 10.8 Å². The van der Waals surface area contributed by atoms with E-state index in [0.29, 0.717) is 10.5 Å². The lowest BCUT2D eigenvalue weighted by Gasteiger charge is -2.13. The number of aryl methyl sites for hydroxylation is 1. The van der Waals surface area contributed by atoms with Gasteiger partial charge in [0.05, 0.1) is 0 Å². The Morgan fingerprint density at radius 3 is 2.54 bits per heavy atom. The molecule has 0 N–H and O–H groups in total. The Balaban J connectivity index is 0.000000143. The molecule has 2 aromatic carbocycles. The maximum Gasteiger partial charge on any atom is 0.0107 e. The third-order valence-electron chi connectivity index (χ3n) is 4.10. The summed E-state index contributed by atoms with van der Waals surface area (Å²) in [4.78, 5) is 1.58. The number of allylic oxidation sites excluding steroid dienone is 6. The summed E-state index contributed by atoms with van der Waals surface area (Å²) in [5.41, 5.74) is 2.71. The molecule has 0 aliphatic carbocycles. The molecule has 2 heterocycles. The van der Waals surface area contributed by atoms with E-state index in [2.05, 4.69) is 98.2 Å². The summed E-state index contributed by atoms with van der Waals surface area (Å²) >= 11 is 0. The van der Waals surface area contributed by atoms with Gasteiger partial charge in [0.1, 0.15) is 0 Å². The van der Waals surface area contributed by atoms with Gasteiger partial charge in [-0.3, -0.25) is 0 Å². The predicted octanol–water partition coefficient (Wildman–Crippen LogP) is 6.57. The second-order valence-electron chi connectivity index (χ2n) is 6.16. The van der Waals surface area contributed by atoms with Gasteiger partial charge in [-0.1, -0.05) is 78.4 Å². The van der Waals surface area contributed by atoms with Crippen molar-refractivity contribution in [3.05, 3.63) is 95.5 Å². The van der Waals surface area contributed by atoms with Crippen LogP contribution in [0.5, 0.6) is 0 Å². The van der Waals surface area contributed by atoms with Crippen molar-refractivity contribution in [3.8, 4) is 0 Å². The Morgan fingerprint density at radius 2 is 1.67 bits per heavy atom. The molecule has 2 aliphatic heterocycles. The highest BCUT2D eigenvalue weighted by Gasteiger charge is 2.03. The number of hydrogen-bond acceptors (Lipinski definition) is 0. The highest BCUT2D eigenvalue weighted by Crippen LogP contribution is 2.26. The van der Waals surface area contributed by atoms with Crippen LogP contribution < -0.4 is 0 Å². The third kappa shape index (κ3) is 4.46. The van der Waals surface area contributed by atoms with Crippen molar-refractivity contribution in [2.45, 2.75) is 20.3 Å². The van der Waals surface area contributed by atoms with Crippen LogP contribution in [0.1, 0.15) is 18.9 Å². The summed E-state index contributed by atoms with van der Waals surface area (Å²) in [5, 5.41) is 5.00. The predicted molar refractivity (Wildman–Crippen MR) is 112 cm³/mol. The van der Waals surface area contributed by atoms with Gasteiger partial charge < -0.3 is 0 Å². The van der Waals surface area contributed by atoms with Gasteiger partial charge in [-0.05, 0) is 53.0 Å². The number of benzene rings is 2. The third-order valence-corrected chi connectivity index (χ3v) is 6.08. The largest absolute Gasteiger partial charge is 0.155 e. The molecular weight excluding hydrogens is 308 g/mol. The number of hydrogen-bond donors (Lipinski definition) is 0. The zero-order valence-electron chi connectivity index (χ0n) is 14.4. The van der Waals surface area contributed by atoms with Gasteiger partial charge in [0.25, 0.3) is 0 Å². The molecule has 1 unspecified atom stereocenters. The Bertz CT molecular complexity index is 876. The summed E-state index contributed by atoms with van der Waals surface area (Å²) in [6, 6.07) is 14.9. The highest BCUT2D eigenvalue weighted by molar-refractivity contribution is 8.18. The van der Waals surface area contributed by atoms with E-state index in [1.54, 1.807) is 4.86 Å². The summed E-state index contributed by atoms with van der Waals surface area (Å²) in [6.07, 6.45) is 14.5. The normalized spacial score (nSPS) is 21.7. The minimum absolute atomic E-state index is 0.370. The SMILES string of the molecule is CC1=CC2=S(C=C1)C/C=C\C=C/C2.Cc1ccc2ccccc2c1. The average Bonchev–Trinajstić information content (AvgIpc) is 2.57. The average molecular weight is 333 g/mol. The fourth-order valence-electron chi connectivity index (χ4n) is 2.79. The Kier molecular flexibility index (Phi) is 5.66. The summed E-state index contributed by atoms with van der Waals surface area (Å²) < 4.78 is 0. The van der Waals surface area contributed by atoms with Crippen molar-refractivity contribution in [1.29, 1.82) is 0 Å². The van der Waals surface area contributed by atoms with Crippen LogP contribution in [-0.4, -0.2) is 10.6 Å². The van der Waals surface area contributed by atoms with Crippen LogP contribution >= 0.6 is 10.5 Å². The monoisotopic (exact) mass is 332 g/mol. The smallest absolute Gasteiger partial charge is 0.0107 e. The first-order valence-electron chi connectivity index (χ1n) is 8.41. The Morgan fingerprint density at radius 1 is 0.875 bits per heavy atom. The van der Waals surface area contributed by atoms with Gasteiger partial charge in [-0.2, -0.15) is 10.5 Å². The van der Waals surface area contributed by atoms with Crippen molar-refractivity contribution in [1.82, 2.24) is 0 Å². The molecule has 2 aliphatic rings. The van der Waals surface area contributed by atoms with E-state index in [1.165, 1.54) is 27.7 Å². The topological polar surface area (TPSA) is 0 Å². The van der Waals surface area contributed by atoms with E-state index in [0.717, 1.165) is 6.42 Å². The molecule has 0 radical (unpaired) electrons. The molecule has 0 saturated heterocycles. The van der Waals surface area contributed by atoms with E-state index in [4.69, 9.17) is 0 Å². The number of fused-ring (bicyclic) bond motifs is 1. The van der Waals surface area contributed by atoms with E-state index in [1.807, 2.05) is 0 Å². The van der Waals surface area contributed by atoms with Crippen molar-refractivity contribution in [3.63, 3.8) is 0 Å². The molecule has 1 atom stereocenters. The molecule has 0 spiro atoms. The van der Waals surface area contributed by atoms with Crippen molar-refractivity contribution < 1.29 is 0 Å². The van der Waals surface area contributed by atoms with Crippen LogP contribution in [0.2, 0.25) is 0 Å². The van der Waals surface area contributed by atoms with Gasteiger partial charge in [0.15, 0.2) is 0 Å². The molecular formula is C23H24S. The molecule has 0 aromatic heterocycles. The van der Waals surface area contributed by atoms with Crippen molar-refractivity contribution in [2.24, 2.45) is 0 Å². The number of rotatable bonds is 0. The van der Waals surface area contributed by atoms with Gasteiger partial charge in [-0.15, -0.1) is 0 Å². The summed E-state index contributed by atoms with van der Waals surface area (Å²) in [5.74, 6) is 1.18. The van der Waals surface area contributed by atoms with Gasteiger partial charge in [0, 0.05) is 5.75 Å². The van der Waals surface area contributed by atoms with E-state index >= 15 is 0 Å². The lowest BCUT2D eigenvalue weighted by Crippen LogP contribution is -1.99. The second kappa shape index (κ2) is 8.12. The molecule has 0 bridgehead atoms. The quantitative estimate of drug-likeness (QED) is 0.479. The second-order valence-corrected chi connectivity index (χ2v) is 8.15. The first-order valence-corrected chi connectivity index (χ1v) is 9.87. The summed E-state index contributed by atoms with van der Waals surface area (Å²) in [6.45, 7) is 4.29. The molecule has 0 nitrogen and oxygen atoms in total. The lowest BCUT2D eigenvalue weighted by atomic mass is 10.1. The molecule has 1 heteroatoms. The maximum atomic E-state index is 2.36. The van der Waals surface area contributed by atoms with Crippen LogP contribution in [0, 0.1) is 6.92 Å². The van der Waals surface area contributed by atoms with Gasteiger partial charge in [0.2, 0.25) is 0 Å². The minimum atomic E-state index is 0.370. The summed E-state index contributed by atoms with van der Waals surface area (Å²) in [7, 11) is 0.370. The fourth-order valence-corrected chi connectivity index (χ4v) is 4.64. The van der Waals surface area contributed by atoms with Crippen LogP contribution in [0.3, 0.4) is 0 Å². The van der Waals surface area contributed by atoms with Gasteiger partial charge >= 0.3 is 0 Å². The molecule has 2 aromatic rings. The zero-order valence-corrected chi connectivity index (χ0v) is 15.2. The van der Waals surface area contributed by atoms with Gasteiger partial charge in [-0.25, -0.2) is 0 Å². The molecule has 24 heavy (non-hydrogen) atoms. The first-order chi connectivity index (χ1) is 11.7. The maximum absolute atomic E-state index is 2.36. The van der Waals surface area contributed by atoms with Crippen LogP contribution in [0.4, 0.5) is 0 Å². The molecule has 0 fully saturated rings. The minimum Gasteiger partial charge on any atom is -0.155 e. The molecule has 4 rings (SSSR count). The molecule has 122 valence electrons. The first kappa shape index (κ1) is 16.7.